The van der Waals surface area contributed by atoms with Crippen molar-refractivity contribution >= 4 is 5.91 Å². The number of rotatable bonds is 5. The normalized spacial score (nSPS) is 25.4. The maximum absolute atomic E-state index is 12.7. The molecule has 0 unspecified atom stereocenters. The number of carbonyl (C=O) groups is 1. The molecule has 0 radical (unpaired) electrons. The average molecular weight is 373 g/mol. The maximum Gasteiger partial charge on any atom is 0.254 e. The van der Waals surface area contributed by atoms with Crippen LogP contribution < -0.4 is 0 Å². The van der Waals surface area contributed by atoms with Crippen molar-refractivity contribution in [1.82, 2.24) is 4.90 Å². The summed E-state index contributed by atoms with van der Waals surface area (Å²) in [5.74, 6) is 0.736. The minimum atomic E-state index is -0.197. The topological polar surface area (TPSA) is 48.0 Å². The first kappa shape index (κ1) is 18.9. The highest BCUT2D eigenvalue weighted by atomic mass is 16.5. The Hall–Kier alpha value is -1.43. The van der Waals surface area contributed by atoms with Gasteiger partial charge >= 0.3 is 0 Å². The zero-order valence-electron chi connectivity index (χ0n) is 16.3. The highest BCUT2D eigenvalue weighted by Crippen LogP contribution is 2.36. The van der Waals surface area contributed by atoms with E-state index in [0.717, 1.165) is 64.1 Å². The molecule has 0 bridgehead atoms. The summed E-state index contributed by atoms with van der Waals surface area (Å²) in [6.45, 7) is 6.76. The van der Waals surface area contributed by atoms with Crippen LogP contribution in [0, 0.1) is 5.92 Å². The fraction of sp³-hybridized carbons (Fsp3) is 0.682. The molecule has 3 fully saturated rings. The minimum Gasteiger partial charge on any atom is -0.381 e. The number of nitrogens with zero attached hydrogens (tertiary/aromatic N) is 1. The van der Waals surface area contributed by atoms with Crippen LogP contribution in [0.1, 0.15) is 48.5 Å². The Kier molecular flexibility index (Phi) is 5.81. The van der Waals surface area contributed by atoms with Crippen LogP contribution in [0.25, 0.3) is 0 Å². The third-order valence-electron chi connectivity index (χ3n) is 6.21. The molecule has 3 heterocycles. The van der Waals surface area contributed by atoms with E-state index in [1.54, 1.807) is 0 Å². The molecule has 0 N–H and O–H groups in total. The lowest BCUT2D eigenvalue weighted by Gasteiger charge is -2.53. The van der Waals surface area contributed by atoms with Gasteiger partial charge in [0, 0.05) is 38.4 Å². The Balaban J connectivity index is 1.26. The number of hydrogen-bond donors (Lipinski definition) is 0. The van der Waals surface area contributed by atoms with Crippen molar-refractivity contribution in [1.29, 1.82) is 0 Å². The summed E-state index contributed by atoms with van der Waals surface area (Å²) in [5.41, 5.74) is 1.83. The number of amides is 1. The molecular weight excluding hydrogens is 342 g/mol. The average Bonchev–Trinajstić information content (AvgIpc) is 2.71. The number of aryl methyl sites for hydroxylation is 1. The van der Waals surface area contributed by atoms with Crippen molar-refractivity contribution in [2.24, 2.45) is 5.92 Å². The fourth-order valence-corrected chi connectivity index (χ4v) is 4.39. The Morgan fingerprint density at radius 2 is 1.89 bits per heavy atom. The molecule has 3 aliphatic heterocycles. The van der Waals surface area contributed by atoms with E-state index in [1.807, 2.05) is 29.2 Å². The summed E-state index contributed by atoms with van der Waals surface area (Å²) in [6, 6.07) is 7.96. The zero-order valence-corrected chi connectivity index (χ0v) is 16.3. The molecule has 148 valence electrons. The number of ether oxygens (including phenoxy) is 3. The molecule has 5 nitrogen and oxygen atoms in total. The van der Waals surface area contributed by atoms with Gasteiger partial charge in [-0.1, -0.05) is 19.1 Å². The van der Waals surface area contributed by atoms with Crippen LogP contribution >= 0.6 is 0 Å². The largest absolute Gasteiger partial charge is 0.381 e. The summed E-state index contributed by atoms with van der Waals surface area (Å²) in [4.78, 5) is 14.6. The first-order valence-electron chi connectivity index (χ1n) is 10.4. The number of carbonyl (C=O) groups excluding carboxylic acids is 1. The van der Waals surface area contributed by atoms with Crippen LogP contribution in [0.4, 0.5) is 0 Å². The Morgan fingerprint density at radius 3 is 2.59 bits per heavy atom. The van der Waals surface area contributed by atoms with Crippen LogP contribution in [0.3, 0.4) is 0 Å². The molecule has 0 aromatic heterocycles. The zero-order chi connectivity index (χ0) is 18.7. The van der Waals surface area contributed by atoms with Gasteiger partial charge < -0.3 is 19.1 Å². The van der Waals surface area contributed by atoms with Crippen molar-refractivity contribution in [3.8, 4) is 0 Å². The van der Waals surface area contributed by atoms with Crippen LogP contribution in [0.15, 0.2) is 24.3 Å². The molecular formula is C22H31NO4. The van der Waals surface area contributed by atoms with Gasteiger partial charge in [-0.3, -0.25) is 4.79 Å². The molecule has 3 saturated heterocycles. The lowest BCUT2D eigenvalue weighted by Crippen LogP contribution is -2.67. The van der Waals surface area contributed by atoms with Gasteiger partial charge in [0.25, 0.3) is 5.91 Å². The standard InChI is InChI=1S/C22H31NO4/c1-2-17-3-5-19(6-4-17)21(24)23-15-22(16-23)13-20(9-12-27-22)26-14-18-7-10-25-11-8-18/h3-6,18,20H,2,7-16H2,1H3/t20-/m0/s1. The lowest BCUT2D eigenvalue weighted by atomic mass is 9.84. The van der Waals surface area contributed by atoms with E-state index in [-0.39, 0.29) is 17.6 Å². The van der Waals surface area contributed by atoms with Gasteiger partial charge in [-0.25, -0.2) is 0 Å². The molecule has 0 aliphatic carbocycles. The summed E-state index contributed by atoms with van der Waals surface area (Å²) in [6.07, 6.45) is 5.31. The summed E-state index contributed by atoms with van der Waals surface area (Å²) in [7, 11) is 0. The van der Waals surface area contributed by atoms with Crippen molar-refractivity contribution in [3.63, 3.8) is 0 Å². The van der Waals surface area contributed by atoms with E-state index in [0.29, 0.717) is 19.0 Å². The minimum absolute atomic E-state index is 0.108. The molecule has 3 aliphatic rings. The highest BCUT2D eigenvalue weighted by molar-refractivity contribution is 5.95. The SMILES string of the molecule is CCc1ccc(C(=O)N2CC3(C[C@@H](OCC4CCOCC4)CCO3)C2)cc1. The van der Waals surface area contributed by atoms with Crippen LogP contribution in [0.5, 0.6) is 0 Å². The first-order valence-corrected chi connectivity index (χ1v) is 10.4. The molecule has 1 amide bonds. The predicted octanol–water partition coefficient (Wildman–Crippen LogP) is 3.07. The van der Waals surface area contributed by atoms with Gasteiger partial charge in [-0.2, -0.15) is 0 Å². The quantitative estimate of drug-likeness (QED) is 0.796. The molecule has 27 heavy (non-hydrogen) atoms. The van der Waals surface area contributed by atoms with E-state index in [9.17, 15) is 4.79 Å². The Labute approximate surface area is 162 Å². The number of hydrogen-bond acceptors (Lipinski definition) is 4. The second kappa shape index (κ2) is 8.29. The molecule has 1 aromatic rings. The van der Waals surface area contributed by atoms with E-state index in [2.05, 4.69) is 6.92 Å². The summed E-state index contributed by atoms with van der Waals surface area (Å²) < 4.78 is 17.7. The second-order valence-electron chi connectivity index (χ2n) is 8.25. The van der Waals surface area contributed by atoms with Gasteiger partial charge in [0.05, 0.1) is 19.2 Å². The molecule has 1 spiro atoms. The van der Waals surface area contributed by atoms with Crippen molar-refractivity contribution in [2.75, 3.05) is 39.5 Å². The maximum atomic E-state index is 12.7. The van der Waals surface area contributed by atoms with E-state index < -0.39 is 0 Å². The van der Waals surface area contributed by atoms with Crippen molar-refractivity contribution in [3.05, 3.63) is 35.4 Å². The van der Waals surface area contributed by atoms with E-state index in [4.69, 9.17) is 14.2 Å². The Bertz CT molecular complexity index is 632. The van der Waals surface area contributed by atoms with Crippen molar-refractivity contribution < 1.29 is 19.0 Å². The molecule has 1 atom stereocenters. The molecule has 1 aromatic carbocycles. The smallest absolute Gasteiger partial charge is 0.254 e. The van der Waals surface area contributed by atoms with Gasteiger partial charge in [-0.15, -0.1) is 0 Å². The monoisotopic (exact) mass is 373 g/mol. The van der Waals surface area contributed by atoms with Gasteiger partial charge in [0.1, 0.15) is 5.60 Å². The molecule has 4 rings (SSSR count). The van der Waals surface area contributed by atoms with Crippen LogP contribution in [0.2, 0.25) is 0 Å². The molecule has 5 heteroatoms. The van der Waals surface area contributed by atoms with Crippen LogP contribution in [-0.2, 0) is 20.6 Å². The Morgan fingerprint density at radius 1 is 1.15 bits per heavy atom. The highest BCUT2D eigenvalue weighted by Gasteiger charge is 2.49. The molecule has 0 saturated carbocycles. The third-order valence-corrected chi connectivity index (χ3v) is 6.21. The van der Waals surface area contributed by atoms with Gasteiger partial charge in [0.2, 0.25) is 0 Å². The fourth-order valence-electron chi connectivity index (χ4n) is 4.39. The lowest BCUT2D eigenvalue weighted by molar-refractivity contribution is -0.188. The number of likely N-dealkylation sites (tertiary alicyclic amines) is 1. The first-order chi connectivity index (χ1) is 13.2. The van der Waals surface area contributed by atoms with Gasteiger partial charge in [-0.05, 0) is 49.3 Å². The number of benzene rings is 1. The van der Waals surface area contributed by atoms with Gasteiger partial charge in [0.15, 0.2) is 0 Å². The summed E-state index contributed by atoms with van der Waals surface area (Å²) >= 11 is 0. The van der Waals surface area contributed by atoms with Crippen molar-refractivity contribution in [2.45, 2.75) is 50.7 Å². The second-order valence-corrected chi connectivity index (χ2v) is 8.25. The third kappa shape index (κ3) is 4.36. The summed E-state index contributed by atoms with van der Waals surface area (Å²) in [5, 5.41) is 0. The van der Waals surface area contributed by atoms with E-state index >= 15 is 0 Å². The predicted molar refractivity (Wildman–Crippen MR) is 103 cm³/mol. The van der Waals surface area contributed by atoms with Crippen LogP contribution in [-0.4, -0.2) is 62.0 Å². The van der Waals surface area contributed by atoms with E-state index in [1.165, 1.54) is 5.56 Å².